The Bertz CT molecular complexity index is 807. The molecule has 24 heavy (non-hydrogen) atoms. The number of para-hydroxylation sites is 2. The minimum atomic E-state index is -0.170. The number of aliphatic imine (C=N–C) groups is 1. The molecule has 1 aliphatic rings. The highest BCUT2D eigenvalue weighted by molar-refractivity contribution is 8.18. The van der Waals surface area contributed by atoms with E-state index in [1.807, 2.05) is 43.3 Å². The molecule has 0 atom stereocenters. The first-order valence-corrected chi connectivity index (χ1v) is 8.29. The van der Waals surface area contributed by atoms with Crippen molar-refractivity contribution in [2.45, 2.75) is 6.92 Å². The smallest absolute Gasteiger partial charge is 0.264 e. The van der Waals surface area contributed by atoms with Gasteiger partial charge in [0.2, 0.25) is 0 Å². The predicted octanol–water partition coefficient (Wildman–Crippen LogP) is 4.13. The van der Waals surface area contributed by atoms with Gasteiger partial charge in [0.1, 0.15) is 17.2 Å². The van der Waals surface area contributed by atoms with Crippen LogP contribution >= 0.6 is 11.8 Å². The fourth-order valence-electron chi connectivity index (χ4n) is 2.05. The van der Waals surface area contributed by atoms with Crippen LogP contribution in [0.3, 0.4) is 0 Å². The van der Waals surface area contributed by atoms with Crippen LogP contribution in [0.2, 0.25) is 0 Å². The molecule has 1 aliphatic heterocycles. The first-order valence-electron chi connectivity index (χ1n) is 7.48. The molecule has 0 unspecified atom stereocenters. The topological polar surface area (TPSA) is 63.8 Å². The van der Waals surface area contributed by atoms with E-state index < -0.39 is 0 Å². The second-order valence-electron chi connectivity index (χ2n) is 4.78. The maximum Gasteiger partial charge on any atom is 0.264 e. The van der Waals surface area contributed by atoms with Gasteiger partial charge in [0.05, 0.1) is 17.8 Å². The summed E-state index contributed by atoms with van der Waals surface area (Å²) in [6, 6.07) is 11.1. The molecular weight excluding hydrogens is 324 g/mol. The number of carbonyl (C=O) groups is 1. The van der Waals surface area contributed by atoms with Gasteiger partial charge in [-0.1, -0.05) is 18.2 Å². The summed E-state index contributed by atoms with van der Waals surface area (Å²) in [5.74, 6) is 1.25. The fraction of sp³-hybridized carbons (Fsp3) is 0.111. The van der Waals surface area contributed by atoms with Crippen LogP contribution in [0.25, 0.3) is 6.08 Å². The zero-order valence-electron chi connectivity index (χ0n) is 13.1. The first kappa shape index (κ1) is 16.1. The molecule has 0 aliphatic carbocycles. The van der Waals surface area contributed by atoms with Crippen molar-refractivity contribution in [3.8, 4) is 5.75 Å². The van der Waals surface area contributed by atoms with E-state index >= 15 is 0 Å². The summed E-state index contributed by atoms with van der Waals surface area (Å²) in [6.45, 7) is 2.48. The lowest BCUT2D eigenvalue weighted by Crippen LogP contribution is -2.19. The van der Waals surface area contributed by atoms with Gasteiger partial charge in [-0.25, -0.2) is 4.99 Å². The predicted molar refractivity (Wildman–Crippen MR) is 96.3 cm³/mol. The van der Waals surface area contributed by atoms with Crippen molar-refractivity contribution in [1.29, 1.82) is 0 Å². The lowest BCUT2D eigenvalue weighted by Gasteiger charge is -2.06. The number of hydrogen-bond acceptors (Lipinski definition) is 5. The quantitative estimate of drug-likeness (QED) is 0.832. The lowest BCUT2D eigenvalue weighted by molar-refractivity contribution is -0.115. The third-order valence-corrected chi connectivity index (χ3v) is 4.02. The Balaban J connectivity index is 1.75. The third-order valence-electron chi connectivity index (χ3n) is 3.09. The number of furan rings is 1. The number of benzene rings is 1. The van der Waals surface area contributed by atoms with Crippen molar-refractivity contribution in [2.75, 3.05) is 6.61 Å². The Labute approximate surface area is 144 Å². The van der Waals surface area contributed by atoms with Gasteiger partial charge in [0.25, 0.3) is 5.91 Å². The normalized spacial score (nSPS) is 17.8. The average Bonchev–Trinajstić information content (AvgIpc) is 3.20. The van der Waals surface area contributed by atoms with E-state index in [4.69, 9.17) is 9.15 Å². The number of allylic oxidation sites excluding steroid dienone is 2. The van der Waals surface area contributed by atoms with Gasteiger partial charge in [0.15, 0.2) is 5.17 Å². The fourth-order valence-corrected chi connectivity index (χ4v) is 2.83. The molecule has 6 heteroatoms. The summed E-state index contributed by atoms with van der Waals surface area (Å²) in [5, 5.41) is 3.29. The molecule has 3 rings (SSSR count). The summed E-state index contributed by atoms with van der Waals surface area (Å²) in [6.07, 6.45) is 6.90. The van der Waals surface area contributed by atoms with Crippen LogP contribution in [-0.2, 0) is 4.79 Å². The molecule has 1 amide bonds. The zero-order valence-corrected chi connectivity index (χ0v) is 13.9. The van der Waals surface area contributed by atoms with E-state index in [1.165, 1.54) is 11.8 Å². The third kappa shape index (κ3) is 3.97. The van der Waals surface area contributed by atoms with Crippen LogP contribution in [0.4, 0.5) is 5.69 Å². The molecule has 2 aromatic rings. The van der Waals surface area contributed by atoms with E-state index in [1.54, 1.807) is 24.5 Å². The molecule has 1 N–H and O–H groups in total. The molecule has 0 radical (unpaired) electrons. The highest BCUT2D eigenvalue weighted by Gasteiger charge is 2.23. The summed E-state index contributed by atoms with van der Waals surface area (Å²) in [5.41, 5.74) is 0.689. The van der Waals surface area contributed by atoms with Gasteiger partial charge in [0, 0.05) is 0 Å². The number of nitrogens with zero attached hydrogens (tertiary/aromatic N) is 1. The summed E-state index contributed by atoms with van der Waals surface area (Å²) in [4.78, 5) is 17.1. The average molecular weight is 340 g/mol. The van der Waals surface area contributed by atoms with Gasteiger partial charge in [-0.3, -0.25) is 4.79 Å². The van der Waals surface area contributed by atoms with Crippen molar-refractivity contribution in [2.24, 2.45) is 4.99 Å². The number of hydrogen-bond donors (Lipinski definition) is 1. The standard InChI is InChI=1S/C18H16N2O3S/c1-2-22-15-10-4-3-9-14(15)19-18-20-17(21)16(24-18)11-5-7-13-8-6-12-23-13/h3-12H,2H2,1H3,(H,19,20,21)/b7-5+,16-11+. The lowest BCUT2D eigenvalue weighted by atomic mass is 10.3. The molecular formula is C18H16N2O3S. The van der Waals surface area contributed by atoms with Crippen LogP contribution < -0.4 is 10.1 Å². The Morgan fingerprint density at radius 3 is 2.96 bits per heavy atom. The molecule has 0 spiro atoms. The SMILES string of the molecule is CCOc1ccccc1N=C1NC(=O)/C(=C\C=C\c2ccco2)S1. The molecule has 1 aromatic carbocycles. The molecule has 2 heterocycles. The van der Waals surface area contributed by atoms with Gasteiger partial charge >= 0.3 is 0 Å². The highest BCUT2D eigenvalue weighted by atomic mass is 32.2. The molecule has 1 aromatic heterocycles. The Morgan fingerprint density at radius 1 is 1.29 bits per heavy atom. The van der Waals surface area contributed by atoms with Crippen LogP contribution in [0.15, 0.2) is 69.1 Å². The molecule has 0 bridgehead atoms. The van der Waals surface area contributed by atoms with E-state index in [9.17, 15) is 4.79 Å². The maximum absolute atomic E-state index is 12.0. The van der Waals surface area contributed by atoms with Crippen molar-refractivity contribution in [1.82, 2.24) is 5.32 Å². The van der Waals surface area contributed by atoms with Gasteiger partial charge < -0.3 is 14.5 Å². The van der Waals surface area contributed by atoms with E-state index in [-0.39, 0.29) is 5.91 Å². The molecule has 0 saturated carbocycles. The number of amides is 1. The number of ether oxygens (including phenoxy) is 1. The number of carbonyl (C=O) groups excluding carboxylic acids is 1. The van der Waals surface area contributed by atoms with Crippen molar-refractivity contribution < 1.29 is 13.9 Å². The van der Waals surface area contributed by atoms with Gasteiger partial charge in [-0.2, -0.15) is 0 Å². The maximum atomic E-state index is 12.0. The summed E-state index contributed by atoms with van der Waals surface area (Å²) >= 11 is 1.29. The second-order valence-corrected chi connectivity index (χ2v) is 5.81. The van der Waals surface area contributed by atoms with Crippen LogP contribution in [0.5, 0.6) is 5.75 Å². The largest absolute Gasteiger partial charge is 0.492 e. The van der Waals surface area contributed by atoms with Gasteiger partial charge in [-0.05, 0) is 55.1 Å². The van der Waals surface area contributed by atoms with E-state index in [0.29, 0.717) is 28.1 Å². The van der Waals surface area contributed by atoms with Crippen molar-refractivity contribution in [3.05, 3.63) is 65.5 Å². The minimum Gasteiger partial charge on any atom is -0.492 e. The van der Waals surface area contributed by atoms with Crippen LogP contribution in [0, 0.1) is 0 Å². The van der Waals surface area contributed by atoms with E-state index in [0.717, 1.165) is 5.76 Å². The summed E-state index contributed by atoms with van der Waals surface area (Å²) in [7, 11) is 0. The number of rotatable bonds is 5. The number of nitrogens with one attached hydrogen (secondary N) is 1. The number of amidine groups is 1. The molecule has 1 fully saturated rings. The second kappa shape index (κ2) is 7.70. The zero-order chi connectivity index (χ0) is 16.8. The Kier molecular flexibility index (Phi) is 5.18. The molecule has 5 nitrogen and oxygen atoms in total. The molecule has 122 valence electrons. The Morgan fingerprint density at radius 2 is 2.17 bits per heavy atom. The summed E-state index contributed by atoms with van der Waals surface area (Å²) < 4.78 is 10.7. The highest BCUT2D eigenvalue weighted by Crippen LogP contribution is 2.31. The first-order chi connectivity index (χ1) is 11.8. The van der Waals surface area contributed by atoms with Gasteiger partial charge in [-0.15, -0.1) is 0 Å². The number of thioether (sulfide) groups is 1. The van der Waals surface area contributed by atoms with Crippen molar-refractivity contribution >= 4 is 34.6 Å². The molecule has 1 saturated heterocycles. The van der Waals surface area contributed by atoms with Crippen molar-refractivity contribution in [3.63, 3.8) is 0 Å². The Hall–Kier alpha value is -2.73. The van der Waals surface area contributed by atoms with Crippen LogP contribution in [-0.4, -0.2) is 17.7 Å². The minimum absolute atomic E-state index is 0.170. The monoisotopic (exact) mass is 340 g/mol. The van der Waals surface area contributed by atoms with E-state index in [2.05, 4.69) is 10.3 Å². The van der Waals surface area contributed by atoms with Crippen LogP contribution in [0.1, 0.15) is 12.7 Å².